The number of pyridine rings is 1. The van der Waals surface area contributed by atoms with Gasteiger partial charge in [0.05, 0.1) is 30.8 Å². The van der Waals surface area contributed by atoms with Crippen molar-refractivity contribution in [3.63, 3.8) is 0 Å². The molecule has 3 fully saturated rings. The van der Waals surface area contributed by atoms with Crippen LogP contribution < -0.4 is 4.74 Å². The Labute approximate surface area is 227 Å². The Morgan fingerprint density at radius 3 is 2.66 bits per heavy atom. The third kappa shape index (κ3) is 5.82. The molecule has 1 aromatic heterocycles. The third-order valence-electron chi connectivity index (χ3n) is 7.60. The molecule has 202 valence electrons. The van der Waals surface area contributed by atoms with Crippen LogP contribution in [-0.2, 0) is 9.47 Å². The number of benzene rings is 2. The number of ether oxygens (including phenoxy) is 3. The minimum absolute atomic E-state index is 0.0119. The summed E-state index contributed by atoms with van der Waals surface area (Å²) in [7, 11) is 1.59. The van der Waals surface area contributed by atoms with Gasteiger partial charge in [-0.1, -0.05) is 34.1 Å². The molecule has 6 rings (SSSR count). The second kappa shape index (κ2) is 11.2. The number of carbonyl (C=O) groups is 1. The highest BCUT2D eigenvalue weighted by molar-refractivity contribution is 9.09. The van der Waals surface area contributed by atoms with E-state index in [0.29, 0.717) is 24.3 Å². The highest BCUT2D eigenvalue weighted by atomic mass is 79.9. The third-order valence-corrected chi connectivity index (χ3v) is 8.55. The van der Waals surface area contributed by atoms with Crippen molar-refractivity contribution in [2.75, 3.05) is 26.8 Å². The summed E-state index contributed by atoms with van der Waals surface area (Å²) in [6.07, 6.45) is -2.03. The molecule has 0 radical (unpaired) electrons. The molecule has 1 unspecified atom stereocenters. The van der Waals surface area contributed by atoms with Crippen molar-refractivity contribution in [1.82, 2.24) is 9.88 Å². The van der Waals surface area contributed by atoms with Crippen LogP contribution in [0.15, 0.2) is 60.8 Å². The first-order valence-electron chi connectivity index (χ1n) is 12.5. The predicted molar refractivity (Wildman–Crippen MR) is 139 cm³/mol. The second-order valence-corrected chi connectivity index (χ2v) is 10.9. The smallest absolute Gasteiger partial charge is 0.497 e. The van der Waals surface area contributed by atoms with Crippen LogP contribution in [0.4, 0.5) is 13.2 Å². The van der Waals surface area contributed by atoms with Crippen molar-refractivity contribution in [1.29, 1.82) is 0 Å². The molecule has 6 atom stereocenters. The molecule has 0 saturated carbocycles. The SMILES string of the molecule is COc1ccc2nccc([C@@H](OC(=O)c3ccccc3)[C@@H]3C[C@@H]4CCN3C[C@@H]4[C@@H](Br)COC(F)(F)F)c2c1. The maximum absolute atomic E-state index is 13.3. The van der Waals surface area contributed by atoms with Crippen LogP contribution in [0, 0.1) is 11.8 Å². The average molecular weight is 593 g/mol. The summed E-state index contributed by atoms with van der Waals surface area (Å²) in [5, 5.41) is 0.828. The van der Waals surface area contributed by atoms with Crippen LogP contribution in [0.3, 0.4) is 0 Å². The van der Waals surface area contributed by atoms with Crippen molar-refractivity contribution in [2.45, 2.75) is 36.2 Å². The van der Waals surface area contributed by atoms with Gasteiger partial charge in [0.1, 0.15) is 11.9 Å². The monoisotopic (exact) mass is 592 g/mol. The molecule has 4 heterocycles. The molecule has 3 aliphatic rings. The molecular formula is C28H28BrF3N2O4. The van der Waals surface area contributed by atoms with Crippen molar-refractivity contribution >= 4 is 32.8 Å². The first-order chi connectivity index (χ1) is 18.2. The van der Waals surface area contributed by atoms with E-state index in [1.54, 1.807) is 37.6 Å². The maximum atomic E-state index is 13.3. The standard InChI is InChI=1S/C28H28BrF3N2O4/c1-36-19-7-8-24-21(14-19)20(9-11-33-24)26(38-27(35)17-5-3-2-4-6-17)25-13-18-10-12-34(25)15-22(18)23(29)16-37-28(30,31)32/h2-9,11,14,18,22-23,25-26H,10,12-13,15-16H2,1H3/t18-,22-,23-,25-,26+/m0/s1. The fraction of sp³-hybridized carbons (Fsp3) is 0.429. The number of halogens is 4. The summed E-state index contributed by atoms with van der Waals surface area (Å²) in [5.74, 6) is 0.380. The minimum Gasteiger partial charge on any atom is -0.497 e. The molecule has 38 heavy (non-hydrogen) atoms. The Morgan fingerprint density at radius 1 is 1.18 bits per heavy atom. The Morgan fingerprint density at radius 2 is 1.97 bits per heavy atom. The molecule has 3 aliphatic heterocycles. The normalized spacial score (nSPS) is 24.7. The number of carbonyl (C=O) groups excluding carboxylic acids is 1. The summed E-state index contributed by atoms with van der Waals surface area (Å²) in [5.41, 5.74) is 2.03. The topological polar surface area (TPSA) is 60.9 Å². The van der Waals surface area contributed by atoms with Gasteiger partial charge in [-0.3, -0.25) is 14.6 Å². The Bertz CT molecular complexity index is 1280. The summed E-state index contributed by atoms with van der Waals surface area (Å²) >= 11 is 3.46. The number of nitrogens with zero attached hydrogens (tertiary/aromatic N) is 2. The van der Waals surface area contributed by atoms with Crippen LogP contribution in [0.25, 0.3) is 10.9 Å². The maximum Gasteiger partial charge on any atom is 0.522 e. The lowest BCUT2D eigenvalue weighted by Crippen LogP contribution is -2.58. The highest BCUT2D eigenvalue weighted by Gasteiger charge is 2.47. The van der Waals surface area contributed by atoms with Crippen molar-refractivity contribution in [2.24, 2.45) is 11.8 Å². The molecule has 0 aliphatic carbocycles. The minimum atomic E-state index is -4.66. The van der Waals surface area contributed by atoms with Crippen LogP contribution in [0.1, 0.15) is 34.9 Å². The van der Waals surface area contributed by atoms with E-state index in [0.717, 1.165) is 29.4 Å². The van der Waals surface area contributed by atoms with E-state index in [2.05, 4.69) is 30.6 Å². The number of fused-ring (bicyclic) bond motifs is 4. The molecule has 0 N–H and O–H groups in total. The van der Waals surface area contributed by atoms with Gasteiger partial charge >= 0.3 is 12.3 Å². The van der Waals surface area contributed by atoms with E-state index in [-0.39, 0.29) is 17.9 Å². The largest absolute Gasteiger partial charge is 0.522 e. The van der Waals surface area contributed by atoms with Crippen LogP contribution in [0.5, 0.6) is 5.75 Å². The van der Waals surface area contributed by atoms with Gasteiger partial charge < -0.3 is 9.47 Å². The number of hydrogen-bond acceptors (Lipinski definition) is 6. The van der Waals surface area contributed by atoms with E-state index in [4.69, 9.17) is 9.47 Å². The zero-order valence-corrected chi connectivity index (χ0v) is 22.3. The van der Waals surface area contributed by atoms with Gasteiger partial charge in [0.2, 0.25) is 0 Å². The zero-order chi connectivity index (χ0) is 26.9. The molecule has 3 saturated heterocycles. The molecule has 6 nitrogen and oxygen atoms in total. The lowest BCUT2D eigenvalue weighted by Gasteiger charge is -2.52. The summed E-state index contributed by atoms with van der Waals surface area (Å²) in [6, 6.07) is 16.2. The molecule has 2 bridgehead atoms. The highest BCUT2D eigenvalue weighted by Crippen LogP contribution is 2.46. The van der Waals surface area contributed by atoms with Gasteiger partial charge in [-0.15, -0.1) is 13.2 Å². The van der Waals surface area contributed by atoms with Crippen molar-refractivity contribution in [3.05, 3.63) is 71.9 Å². The molecule has 0 amide bonds. The Hall–Kier alpha value is -2.69. The quantitative estimate of drug-likeness (QED) is 0.231. The molecule has 2 aromatic carbocycles. The average Bonchev–Trinajstić information content (AvgIpc) is 2.94. The van der Waals surface area contributed by atoms with E-state index < -0.39 is 29.9 Å². The summed E-state index contributed by atoms with van der Waals surface area (Å²) < 4.78 is 53.8. The number of hydrogen-bond donors (Lipinski definition) is 0. The van der Waals surface area contributed by atoms with E-state index in [1.807, 2.05) is 30.3 Å². The fourth-order valence-electron chi connectivity index (χ4n) is 5.76. The van der Waals surface area contributed by atoms with Gasteiger partial charge in [-0.2, -0.15) is 0 Å². The fourth-order valence-corrected chi connectivity index (χ4v) is 6.49. The van der Waals surface area contributed by atoms with Crippen molar-refractivity contribution in [3.8, 4) is 5.75 Å². The number of aromatic nitrogens is 1. The lowest BCUT2D eigenvalue weighted by atomic mass is 9.72. The predicted octanol–water partition coefficient (Wildman–Crippen LogP) is 6.15. The molecular weight excluding hydrogens is 565 g/mol. The van der Waals surface area contributed by atoms with Gasteiger partial charge in [0.25, 0.3) is 0 Å². The van der Waals surface area contributed by atoms with Crippen molar-refractivity contribution < 1.29 is 32.2 Å². The number of piperidine rings is 3. The molecule has 10 heteroatoms. The van der Waals surface area contributed by atoms with E-state index >= 15 is 0 Å². The van der Waals surface area contributed by atoms with E-state index in [1.165, 1.54) is 0 Å². The summed E-state index contributed by atoms with van der Waals surface area (Å²) in [6.45, 7) is 0.917. The molecule has 0 spiro atoms. The van der Waals surface area contributed by atoms with E-state index in [9.17, 15) is 18.0 Å². The van der Waals surface area contributed by atoms with Crippen LogP contribution in [0.2, 0.25) is 0 Å². The number of esters is 1. The van der Waals surface area contributed by atoms with Gasteiger partial charge in [0.15, 0.2) is 0 Å². The van der Waals surface area contributed by atoms with Gasteiger partial charge in [-0.25, -0.2) is 4.79 Å². The second-order valence-electron chi connectivity index (χ2n) is 9.76. The summed E-state index contributed by atoms with van der Waals surface area (Å²) in [4.78, 5) is 19.6. The Balaban J connectivity index is 1.46. The number of rotatable bonds is 8. The van der Waals surface area contributed by atoms with Crippen LogP contribution >= 0.6 is 15.9 Å². The van der Waals surface area contributed by atoms with Gasteiger partial charge in [0, 0.05) is 28.5 Å². The van der Waals surface area contributed by atoms with Gasteiger partial charge in [-0.05, 0) is 67.6 Å². The number of alkyl halides is 4. The Kier molecular flexibility index (Phi) is 7.93. The molecule has 3 aromatic rings. The first kappa shape index (κ1) is 26.9. The number of methoxy groups -OCH3 is 1. The van der Waals surface area contributed by atoms with Crippen LogP contribution in [-0.4, -0.2) is 59.9 Å². The lowest BCUT2D eigenvalue weighted by molar-refractivity contribution is -0.325. The first-order valence-corrected chi connectivity index (χ1v) is 13.4. The zero-order valence-electron chi connectivity index (χ0n) is 20.7.